The first-order valence-corrected chi connectivity index (χ1v) is 9.22. The van der Waals surface area contributed by atoms with Crippen LogP contribution in [0.25, 0.3) is 0 Å². The van der Waals surface area contributed by atoms with Crippen LogP contribution in [-0.4, -0.2) is 18.1 Å². The molecule has 2 aliphatic rings. The predicted octanol–water partition coefficient (Wildman–Crippen LogP) is 4.44. The minimum Gasteiger partial charge on any atom is -0.370 e. The highest BCUT2D eigenvalue weighted by atomic mass is 19.1. The summed E-state index contributed by atoms with van der Waals surface area (Å²) in [6, 6.07) is 5.30. The van der Waals surface area contributed by atoms with E-state index in [-0.39, 0.29) is 30.0 Å². The van der Waals surface area contributed by atoms with Crippen LogP contribution < -0.4 is 5.32 Å². The van der Waals surface area contributed by atoms with E-state index in [0.29, 0.717) is 17.9 Å². The van der Waals surface area contributed by atoms with Gasteiger partial charge in [0.1, 0.15) is 5.82 Å². The van der Waals surface area contributed by atoms with Crippen LogP contribution in [0.4, 0.5) is 4.39 Å². The molecule has 1 heterocycles. The molecule has 2 fully saturated rings. The van der Waals surface area contributed by atoms with E-state index >= 15 is 0 Å². The van der Waals surface area contributed by atoms with Gasteiger partial charge in [-0.2, -0.15) is 0 Å². The Hall–Kier alpha value is -1.42. The van der Waals surface area contributed by atoms with Crippen molar-refractivity contribution in [2.75, 3.05) is 0 Å². The average Bonchev–Trinajstić information content (AvgIpc) is 2.57. The fraction of sp³-hybridized carbons (Fsp3) is 0.650. The molecule has 1 aromatic carbocycles. The van der Waals surface area contributed by atoms with Crippen LogP contribution in [0, 0.1) is 18.7 Å². The van der Waals surface area contributed by atoms with Crippen LogP contribution in [0.5, 0.6) is 0 Å². The minimum atomic E-state index is -0.188. The molecular weight excluding hydrogens is 305 g/mol. The molecule has 0 unspecified atom stereocenters. The Morgan fingerprint density at radius 3 is 2.67 bits per heavy atom. The van der Waals surface area contributed by atoms with Crippen molar-refractivity contribution in [3.05, 3.63) is 35.1 Å². The Morgan fingerprint density at radius 2 is 1.96 bits per heavy atom. The quantitative estimate of drug-likeness (QED) is 0.888. The van der Waals surface area contributed by atoms with Crippen molar-refractivity contribution in [1.82, 2.24) is 5.32 Å². The zero-order valence-electron chi connectivity index (χ0n) is 14.7. The number of rotatable bonds is 3. The third-order valence-electron chi connectivity index (χ3n) is 5.59. The van der Waals surface area contributed by atoms with E-state index in [9.17, 15) is 9.18 Å². The van der Waals surface area contributed by atoms with Crippen LogP contribution in [0.2, 0.25) is 0 Å². The minimum absolute atomic E-state index is 0.000918. The van der Waals surface area contributed by atoms with Crippen LogP contribution in [0.1, 0.15) is 69.1 Å². The molecule has 0 bridgehead atoms. The molecule has 1 saturated heterocycles. The maximum absolute atomic E-state index is 14.0. The molecule has 24 heavy (non-hydrogen) atoms. The van der Waals surface area contributed by atoms with E-state index in [1.165, 1.54) is 38.2 Å². The summed E-state index contributed by atoms with van der Waals surface area (Å²) in [4.78, 5) is 11.5. The average molecular weight is 333 g/mol. The lowest BCUT2D eigenvalue weighted by Gasteiger charge is -2.41. The van der Waals surface area contributed by atoms with Crippen molar-refractivity contribution in [3.8, 4) is 0 Å². The number of halogens is 1. The van der Waals surface area contributed by atoms with E-state index in [1.807, 2.05) is 13.0 Å². The number of nitrogens with one attached hydrogen (secondary N) is 1. The molecule has 1 aliphatic heterocycles. The van der Waals surface area contributed by atoms with Gasteiger partial charge < -0.3 is 10.1 Å². The van der Waals surface area contributed by atoms with Gasteiger partial charge in [-0.25, -0.2) is 4.39 Å². The van der Waals surface area contributed by atoms with Crippen LogP contribution >= 0.6 is 0 Å². The van der Waals surface area contributed by atoms with Gasteiger partial charge in [0.2, 0.25) is 5.91 Å². The molecule has 3 rings (SSSR count). The zero-order valence-corrected chi connectivity index (χ0v) is 14.7. The Morgan fingerprint density at radius 1 is 1.21 bits per heavy atom. The summed E-state index contributed by atoms with van der Waals surface area (Å²) in [6.45, 7) is 3.37. The SMILES string of the molecule is CC(=O)N[C@H]1C[C@@H](c2cccc(F)c2C)O[C@@H](C2CCCCC2)C1. The molecule has 0 radical (unpaired) electrons. The summed E-state index contributed by atoms with van der Waals surface area (Å²) in [5.74, 6) is 0.373. The summed E-state index contributed by atoms with van der Waals surface area (Å²) >= 11 is 0. The van der Waals surface area contributed by atoms with Crippen molar-refractivity contribution in [2.45, 2.75) is 77.0 Å². The van der Waals surface area contributed by atoms with E-state index in [1.54, 1.807) is 13.0 Å². The molecule has 3 nitrogen and oxygen atoms in total. The molecule has 1 N–H and O–H groups in total. The molecule has 0 spiro atoms. The van der Waals surface area contributed by atoms with Gasteiger partial charge in [0.05, 0.1) is 12.2 Å². The molecule has 132 valence electrons. The van der Waals surface area contributed by atoms with Crippen molar-refractivity contribution < 1.29 is 13.9 Å². The van der Waals surface area contributed by atoms with Crippen LogP contribution in [0.15, 0.2) is 18.2 Å². The van der Waals surface area contributed by atoms with Crippen LogP contribution in [-0.2, 0) is 9.53 Å². The topological polar surface area (TPSA) is 38.3 Å². The van der Waals surface area contributed by atoms with Gasteiger partial charge >= 0.3 is 0 Å². The summed E-state index contributed by atoms with van der Waals surface area (Å²) in [5.41, 5.74) is 1.58. The Balaban J connectivity index is 1.81. The van der Waals surface area contributed by atoms with E-state index in [4.69, 9.17) is 4.74 Å². The number of ether oxygens (including phenoxy) is 1. The summed E-state index contributed by atoms with van der Waals surface area (Å²) in [6.07, 6.45) is 7.84. The summed E-state index contributed by atoms with van der Waals surface area (Å²) in [7, 11) is 0. The van der Waals surface area contributed by atoms with E-state index < -0.39 is 0 Å². The number of hydrogen-bond acceptors (Lipinski definition) is 2. The van der Waals surface area contributed by atoms with Gasteiger partial charge in [0, 0.05) is 13.0 Å². The fourth-order valence-corrected chi connectivity index (χ4v) is 4.35. The zero-order chi connectivity index (χ0) is 17.1. The highest BCUT2D eigenvalue weighted by Crippen LogP contribution is 2.39. The Labute approximate surface area is 144 Å². The maximum atomic E-state index is 14.0. The lowest BCUT2D eigenvalue weighted by Crippen LogP contribution is -2.45. The lowest BCUT2D eigenvalue weighted by molar-refractivity contribution is -0.124. The van der Waals surface area contributed by atoms with Gasteiger partial charge in [0.15, 0.2) is 0 Å². The van der Waals surface area contributed by atoms with Crippen molar-refractivity contribution in [1.29, 1.82) is 0 Å². The normalized spacial score (nSPS) is 28.5. The molecule has 3 atom stereocenters. The number of amides is 1. The van der Waals surface area contributed by atoms with Gasteiger partial charge in [-0.05, 0) is 55.7 Å². The monoisotopic (exact) mass is 333 g/mol. The third-order valence-corrected chi connectivity index (χ3v) is 5.59. The highest BCUT2D eigenvalue weighted by molar-refractivity contribution is 5.73. The third kappa shape index (κ3) is 3.97. The number of hydrogen-bond donors (Lipinski definition) is 1. The fourth-order valence-electron chi connectivity index (χ4n) is 4.35. The second kappa shape index (κ2) is 7.64. The first-order valence-electron chi connectivity index (χ1n) is 9.22. The molecule has 1 saturated carbocycles. The highest BCUT2D eigenvalue weighted by Gasteiger charge is 2.36. The maximum Gasteiger partial charge on any atom is 0.217 e. The largest absolute Gasteiger partial charge is 0.370 e. The standard InChI is InChI=1S/C20H28FNO2/c1-13-17(9-6-10-18(13)21)20-12-16(22-14(2)23)11-19(24-20)15-7-4-3-5-8-15/h6,9-10,15-16,19-20H,3-5,7-8,11-12H2,1-2H3,(H,22,23)/t16-,19-,20+/m1/s1. The second-order valence-corrected chi connectivity index (χ2v) is 7.38. The number of carbonyl (C=O) groups excluding carboxylic acids is 1. The van der Waals surface area contributed by atoms with Crippen molar-refractivity contribution in [3.63, 3.8) is 0 Å². The van der Waals surface area contributed by atoms with Gasteiger partial charge in [0.25, 0.3) is 0 Å². The second-order valence-electron chi connectivity index (χ2n) is 7.38. The van der Waals surface area contributed by atoms with Gasteiger partial charge in [-0.15, -0.1) is 0 Å². The molecule has 1 amide bonds. The van der Waals surface area contributed by atoms with E-state index in [2.05, 4.69) is 5.32 Å². The first kappa shape index (κ1) is 17.4. The van der Waals surface area contributed by atoms with Gasteiger partial charge in [-0.1, -0.05) is 31.4 Å². The van der Waals surface area contributed by atoms with Gasteiger partial charge in [-0.3, -0.25) is 4.79 Å². The molecule has 4 heteroatoms. The summed E-state index contributed by atoms with van der Waals surface area (Å²) in [5, 5.41) is 3.07. The number of benzene rings is 1. The molecule has 1 aliphatic carbocycles. The Kier molecular flexibility index (Phi) is 5.54. The van der Waals surface area contributed by atoms with Crippen LogP contribution in [0.3, 0.4) is 0 Å². The molecular formula is C20H28FNO2. The molecule has 0 aromatic heterocycles. The first-order chi connectivity index (χ1) is 11.5. The summed E-state index contributed by atoms with van der Waals surface area (Å²) < 4.78 is 20.4. The smallest absolute Gasteiger partial charge is 0.217 e. The Bertz CT molecular complexity index is 583. The lowest BCUT2D eigenvalue weighted by atomic mass is 9.80. The predicted molar refractivity (Wildman–Crippen MR) is 92.2 cm³/mol. The van der Waals surface area contributed by atoms with Crippen molar-refractivity contribution >= 4 is 5.91 Å². The van der Waals surface area contributed by atoms with E-state index in [0.717, 1.165) is 12.0 Å². The van der Waals surface area contributed by atoms with Crippen molar-refractivity contribution in [2.24, 2.45) is 5.92 Å². The number of carbonyl (C=O) groups is 1. The molecule has 1 aromatic rings.